The summed E-state index contributed by atoms with van der Waals surface area (Å²) in [6.45, 7) is 4.24. The van der Waals surface area contributed by atoms with Crippen LogP contribution in [0.3, 0.4) is 0 Å². The van der Waals surface area contributed by atoms with Crippen LogP contribution < -0.4 is 5.32 Å². The van der Waals surface area contributed by atoms with Gasteiger partial charge in [-0.2, -0.15) is 0 Å². The zero-order valence-corrected chi connectivity index (χ0v) is 14.1. The summed E-state index contributed by atoms with van der Waals surface area (Å²) >= 11 is 0. The van der Waals surface area contributed by atoms with E-state index in [1.807, 2.05) is 0 Å². The number of halogens is 1. The Morgan fingerprint density at radius 3 is 2.62 bits per heavy atom. The molecular weight excluding hydrogens is 305 g/mol. The van der Waals surface area contributed by atoms with Crippen LogP contribution in [-0.4, -0.2) is 48.6 Å². The second-order valence-electron chi connectivity index (χ2n) is 6.60. The number of hydrogen-bond donors (Lipinski definition) is 1. The molecule has 2 amide bonds. The summed E-state index contributed by atoms with van der Waals surface area (Å²) in [5.74, 6) is -0.398. The number of hydrogen-bond acceptors (Lipinski definition) is 2. The summed E-state index contributed by atoms with van der Waals surface area (Å²) in [7, 11) is 0. The quantitative estimate of drug-likeness (QED) is 0.850. The molecular formula is C19H26FN3O. The molecule has 1 aromatic rings. The zero-order valence-electron chi connectivity index (χ0n) is 14.1. The Morgan fingerprint density at radius 2 is 1.92 bits per heavy atom. The van der Waals surface area contributed by atoms with Crippen molar-refractivity contribution in [1.82, 2.24) is 9.80 Å². The molecule has 0 saturated carbocycles. The van der Waals surface area contributed by atoms with Gasteiger partial charge in [0.15, 0.2) is 0 Å². The molecule has 0 radical (unpaired) electrons. The Kier molecular flexibility index (Phi) is 5.86. The fraction of sp³-hybridized carbons (Fsp3) is 0.526. The first-order chi connectivity index (χ1) is 11.7. The maximum absolute atomic E-state index is 13.6. The second kappa shape index (κ2) is 8.29. The molecule has 0 atom stereocenters. The average Bonchev–Trinajstić information content (AvgIpc) is 2.63. The molecule has 0 aromatic heterocycles. The molecule has 0 unspecified atom stereocenters. The first-order valence-electron chi connectivity index (χ1n) is 8.93. The summed E-state index contributed by atoms with van der Waals surface area (Å²) in [6.07, 6.45) is 8.71. The fourth-order valence-electron chi connectivity index (χ4n) is 3.36. The van der Waals surface area contributed by atoms with Crippen LogP contribution in [0.15, 0.2) is 35.9 Å². The number of nitrogens with zero attached hydrogens (tertiary/aromatic N) is 2. The van der Waals surface area contributed by atoms with E-state index in [9.17, 15) is 9.18 Å². The van der Waals surface area contributed by atoms with Gasteiger partial charge in [-0.25, -0.2) is 9.18 Å². The summed E-state index contributed by atoms with van der Waals surface area (Å²) in [5, 5.41) is 2.66. The SMILES string of the molecule is O=C(Nc1ccccc1F)N1CCN(CCC2=CCCCC2)CC1. The number of rotatable bonds is 4. The van der Waals surface area contributed by atoms with Crippen molar-refractivity contribution in [2.45, 2.75) is 32.1 Å². The lowest BCUT2D eigenvalue weighted by Crippen LogP contribution is -2.50. The van der Waals surface area contributed by atoms with Gasteiger partial charge in [0.05, 0.1) is 5.69 Å². The van der Waals surface area contributed by atoms with E-state index in [4.69, 9.17) is 0 Å². The van der Waals surface area contributed by atoms with Crippen molar-refractivity contribution in [3.63, 3.8) is 0 Å². The molecule has 2 aliphatic rings. The van der Waals surface area contributed by atoms with Crippen molar-refractivity contribution in [3.8, 4) is 0 Å². The third-order valence-corrected chi connectivity index (χ3v) is 4.91. The molecule has 24 heavy (non-hydrogen) atoms. The highest BCUT2D eigenvalue weighted by atomic mass is 19.1. The third kappa shape index (κ3) is 4.57. The molecule has 1 aromatic carbocycles. The van der Waals surface area contributed by atoms with E-state index >= 15 is 0 Å². The van der Waals surface area contributed by atoms with Crippen LogP contribution in [0, 0.1) is 5.82 Å². The smallest absolute Gasteiger partial charge is 0.322 e. The summed E-state index contributed by atoms with van der Waals surface area (Å²) in [6, 6.07) is 6.06. The lowest BCUT2D eigenvalue weighted by atomic mass is 9.97. The van der Waals surface area contributed by atoms with Crippen LogP contribution in [-0.2, 0) is 0 Å². The Morgan fingerprint density at radius 1 is 1.12 bits per heavy atom. The molecule has 1 aliphatic carbocycles. The first kappa shape index (κ1) is 17.0. The molecule has 5 heteroatoms. The van der Waals surface area contributed by atoms with Crippen LogP contribution in [0.25, 0.3) is 0 Å². The van der Waals surface area contributed by atoms with Gasteiger partial charge < -0.3 is 10.2 Å². The average molecular weight is 331 g/mol. The van der Waals surface area contributed by atoms with Gasteiger partial charge in [-0.3, -0.25) is 4.90 Å². The van der Waals surface area contributed by atoms with E-state index in [-0.39, 0.29) is 11.7 Å². The molecule has 130 valence electrons. The van der Waals surface area contributed by atoms with Gasteiger partial charge in [0, 0.05) is 32.7 Å². The Hall–Kier alpha value is -1.88. The molecule has 0 bridgehead atoms. The number of amides is 2. The van der Waals surface area contributed by atoms with Gasteiger partial charge in [0.2, 0.25) is 0 Å². The number of carbonyl (C=O) groups is 1. The van der Waals surface area contributed by atoms with Gasteiger partial charge in [0.1, 0.15) is 5.82 Å². The van der Waals surface area contributed by atoms with E-state index in [1.54, 1.807) is 28.7 Å². The van der Waals surface area contributed by atoms with Crippen molar-refractivity contribution < 1.29 is 9.18 Å². The summed E-state index contributed by atoms with van der Waals surface area (Å²) < 4.78 is 13.6. The summed E-state index contributed by atoms with van der Waals surface area (Å²) in [5.41, 5.74) is 1.84. The van der Waals surface area contributed by atoms with Crippen molar-refractivity contribution in [3.05, 3.63) is 41.7 Å². The maximum Gasteiger partial charge on any atom is 0.322 e. The van der Waals surface area contributed by atoms with Crippen molar-refractivity contribution in [2.75, 3.05) is 38.0 Å². The van der Waals surface area contributed by atoms with Crippen molar-refractivity contribution in [1.29, 1.82) is 0 Å². The van der Waals surface area contributed by atoms with E-state index in [0.717, 1.165) is 26.1 Å². The molecule has 1 N–H and O–H groups in total. The highest BCUT2D eigenvalue weighted by molar-refractivity contribution is 5.89. The fourth-order valence-corrected chi connectivity index (χ4v) is 3.36. The number of para-hydroxylation sites is 1. The first-order valence-corrected chi connectivity index (χ1v) is 8.93. The van der Waals surface area contributed by atoms with Crippen molar-refractivity contribution in [2.24, 2.45) is 0 Å². The van der Waals surface area contributed by atoms with Crippen LogP contribution in [0.5, 0.6) is 0 Å². The zero-order chi connectivity index (χ0) is 16.8. The Balaban J connectivity index is 1.42. The minimum Gasteiger partial charge on any atom is -0.322 e. The normalized spacial score (nSPS) is 19.0. The number of carbonyl (C=O) groups excluding carboxylic acids is 1. The number of piperazine rings is 1. The monoisotopic (exact) mass is 331 g/mol. The van der Waals surface area contributed by atoms with Crippen LogP contribution in [0.4, 0.5) is 14.9 Å². The summed E-state index contributed by atoms with van der Waals surface area (Å²) in [4.78, 5) is 16.4. The van der Waals surface area contributed by atoms with Gasteiger partial charge in [0.25, 0.3) is 0 Å². The van der Waals surface area contributed by atoms with E-state index in [0.29, 0.717) is 13.1 Å². The highest BCUT2D eigenvalue weighted by Crippen LogP contribution is 2.20. The number of urea groups is 1. The predicted octanol–water partition coefficient (Wildman–Crippen LogP) is 3.87. The molecule has 1 fully saturated rings. The molecule has 3 rings (SSSR count). The van der Waals surface area contributed by atoms with Crippen LogP contribution >= 0.6 is 0 Å². The Labute approximate surface area is 143 Å². The standard InChI is InChI=1S/C19H26FN3O/c20-17-8-4-5-9-18(17)21-19(24)23-14-12-22(13-15-23)11-10-16-6-2-1-3-7-16/h4-6,8-9H,1-3,7,10-15H2,(H,21,24). The molecule has 1 saturated heterocycles. The molecule has 1 aliphatic heterocycles. The minimum atomic E-state index is -0.398. The lowest BCUT2D eigenvalue weighted by molar-refractivity contribution is 0.148. The van der Waals surface area contributed by atoms with Gasteiger partial charge in [-0.15, -0.1) is 0 Å². The van der Waals surface area contributed by atoms with Crippen LogP contribution in [0.1, 0.15) is 32.1 Å². The van der Waals surface area contributed by atoms with Gasteiger partial charge in [-0.05, 0) is 44.2 Å². The van der Waals surface area contributed by atoms with E-state index in [2.05, 4.69) is 16.3 Å². The Bertz CT molecular complexity index is 594. The van der Waals surface area contributed by atoms with E-state index < -0.39 is 5.82 Å². The van der Waals surface area contributed by atoms with Crippen molar-refractivity contribution >= 4 is 11.7 Å². The lowest BCUT2D eigenvalue weighted by Gasteiger charge is -2.35. The predicted molar refractivity (Wildman–Crippen MR) is 94.6 cm³/mol. The minimum absolute atomic E-state index is 0.213. The van der Waals surface area contributed by atoms with Gasteiger partial charge >= 0.3 is 6.03 Å². The van der Waals surface area contributed by atoms with Gasteiger partial charge in [-0.1, -0.05) is 23.8 Å². The highest BCUT2D eigenvalue weighted by Gasteiger charge is 2.21. The van der Waals surface area contributed by atoms with Crippen LogP contribution in [0.2, 0.25) is 0 Å². The third-order valence-electron chi connectivity index (χ3n) is 4.91. The number of benzene rings is 1. The largest absolute Gasteiger partial charge is 0.322 e. The second-order valence-corrected chi connectivity index (χ2v) is 6.60. The topological polar surface area (TPSA) is 35.6 Å². The number of allylic oxidation sites excluding steroid dienone is 1. The number of anilines is 1. The molecule has 1 heterocycles. The van der Waals surface area contributed by atoms with E-state index in [1.165, 1.54) is 31.7 Å². The molecule has 4 nitrogen and oxygen atoms in total. The number of nitrogens with one attached hydrogen (secondary N) is 1. The maximum atomic E-state index is 13.6. The molecule has 0 spiro atoms.